The number of aromatic nitrogens is 3. The van der Waals surface area contributed by atoms with Crippen LogP contribution in [0.2, 0.25) is 0 Å². The zero-order valence-corrected chi connectivity index (χ0v) is 29.6. The van der Waals surface area contributed by atoms with Crippen molar-refractivity contribution in [2.24, 2.45) is 0 Å². The molecule has 0 bridgehead atoms. The number of para-hydroxylation sites is 1. The fourth-order valence-corrected chi connectivity index (χ4v) is 8.11. The van der Waals surface area contributed by atoms with Crippen LogP contribution in [0.1, 0.15) is 0 Å². The quantitative estimate of drug-likeness (QED) is 0.168. The number of benzene rings is 9. The topological polar surface area (TPSA) is 51.8 Å². The second kappa shape index (κ2) is 12.6. The van der Waals surface area contributed by atoms with Gasteiger partial charge >= 0.3 is 0 Å². The lowest BCUT2D eigenvalue weighted by molar-refractivity contribution is 0.669. The second-order valence-corrected chi connectivity index (χ2v) is 14.0. The molecule has 0 atom stereocenters. The standard InChI is InChI=1S/C51H31N3O/c1-2-12-32(13-3-1)39-17-6-7-19-42(39)50-52-49(53-51(54-50)44-21-11-23-46-48(44)43-20-8-9-22-45(43)55-46)38-16-10-15-35(31-38)36-28-29-41-37(30-36)27-26-34-25-24-33-14-4-5-18-40(33)47(34)41/h1-31H. The second-order valence-electron chi connectivity index (χ2n) is 14.0. The molecule has 0 saturated heterocycles. The summed E-state index contributed by atoms with van der Waals surface area (Å²) in [5, 5.41) is 9.53. The van der Waals surface area contributed by atoms with Gasteiger partial charge in [-0.1, -0.05) is 164 Å². The Bertz CT molecular complexity index is 3270. The maximum atomic E-state index is 6.29. The molecule has 9 aromatic carbocycles. The first-order valence-corrected chi connectivity index (χ1v) is 18.5. The molecule has 0 N–H and O–H groups in total. The fraction of sp³-hybridized carbons (Fsp3) is 0. The third-order valence-electron chi connectivity index (χ3n) is 10.7. The largest absolute Gasteiger partial charge is 0.456 e. The van der Waals surface area contributed by atoms with Gasteiger partial charge < -0.3 is 4.42 Å². The van der Waals surface area contributed by atoms with E-state index in [-0.39, 0.29) is 0 Å². The average molecular weight is 702 g/mol. The van der Waals surface area contributed by atoms with Crippen LogP contribution in [0.4, 0.5) is 0 Å². The van der Waals surface area contributed by atoms with E-state index in [2.05, 4.69) is 146 Å². The van der Waals surface area contributed by atoms with Crippen LogP contribution in [0.15, 0.2) is 192 Å². The first-order chi connectivity index (χ1) is 27.2. The van der Waals surface area contributed by atoms with Crippen molar-refractivity contribution in [3.05, 3.63) is 188 Å². The van der Waals surface area contributed by atoms with E-state index >= 15 is 0 Å². The zero-order valence-electron chi connectivity index (χ0n) is 29.6. The highest BCUT2D eigenvalue weighted by Crippen LogP contribution is 2.39. The molecule has 0 unspecified atom stereocenters. The zero-order chi connectivity index (χ0) is 36.3. The van der Waals surface area contributed by atoms with Crippen molar-refractivity contribution in [1.82, 2.24) is 15.0 Å². The van der Waals surface area contributed by atoms with Crippen LogP contribution in [0.25, 0.3) is 111 Å². The Morgan fingerprint density at radius 1 is 0.291 bits per heavy atom. The van der Waals surface area contributed by atoms with Gasteiger partial charge in [-0.05, 0) is 78.8 Å². The third-order valence-corrected chi connectivity index (χ3v) is 10.7. The van der Waals surface area contributed by atoms with Crippen LogP contribution >= 0.6 is 0 Å². The molecule has 256 valence electrons. The van der Waals surface area contributed by atoms with Gasteiger partial charge in [-0.3, -0.25) is 0 Å². The predicted octanol–water partition coefficient (Wildman–Crippen LogP) is 13.6. The lowest BCUT2D eigenvalue weighted by Gasteiger charge is -2.13. The first-order valence-electron chi connectivity index (χ1n) is 18.5. The number of hydrogen-bond acceptors (Lipinski definition) is 4. The molecule has 0 aliphatic heterocycles. The highest BCUT2D eigenvalue weighted by molar-refractivity contribution is 6.20. The Morgan fingerprint density at radius 2 is 0.873 bits per heavy atom. The molecule has 0 aliphatic carbocycles. The molecule has 0 spiro atoms. The maximum Gasteiger partial charge on any atom is 0.164 e. The highest BCUT2D eigenvalue weighted by atomic mass is 16.3. The molecule has 2 heterocycles. The summed E-state index contributed by atoms with van der Waals surface area (Å²) in [5.41, 5.74) is 8.76. The lowest BCUT2D eigenvalue weighted by atomic mass is 9.94. The number of furan rings is 1. The van der Waals surface area contributed by atoms with E-state index in [1.54, 1.807) is 0 Å². The van der Waals surface area contributed by atoms with Crippen LogP contribution in [-0.2, 0) is 0 Å². The molecule has 4 nitrogen and oxygen atoms in total. The van der Waals surface area contributed by atoms with Crippen LogP contribution < -0.4 is 0 Å². The summed E-state index contributed by atoms with van der Waals surface area (Å²) in [6.07, 6.45) is 0. The third kappa shape index (κ3) is 5.26. The Hall–Kier alpha value is -7.43. The van der Waals surface area contributed by atoms with E-state index in [0.29, 0.717) is 17.5 Å². The number of hydrogen-bond donors (Lipinski definition) is 0. The van der Waals surface area contributed by atoms with E-state index in [4.69, 9.17) is 19.4 Å². The molecule has 55 heavy (non-hydrogen) atoms. The first kappa shape index (κ1) is 31.1. The van der Waals surface area contributed by atoms with Crippen molar-refractivity contribution in [3.63, 3.8) is 0 Å². The molecule has 0 radical (unpaired) electrons. The summed E-state index contributed by atoms with van der Waals surface area (Å²) in [6, 6.07) is 65.8. The van der Waals surface area contributed by atoms with Gasteiger partial charge in [-0.2, -0.15) is 0 Å². The fourth-order valence-electron chi connectivity index (χ4n) is 8.11. The van der Waals surface area contributed by atoms with Gasteiger partial charge in [-0.25, -0.2) is 15.0 Å². The predicted molar refractivity (Wildman–Crippen MR) is 227 cm³/mol. The minimum absolute atomic E-state index is 0.593. The van der Waals surface area contributed by atoms with E-state index in [9.17, 15) is 0 Å². The number of rotatable bonds is 5. The molecule has 2 aromatic heterocycles. The van der Waals surface area contributed by atoms with Crippen molar-refractivity contribution in [2.45, 2.75) is 0 Å². The molecule has 11 aromatic rings. The SMILES string of the molecule is c1ccc(-c2ccccc2-c2nc(-c3cccc(-c4ccc5c(ccc6ccc7ccccc7c65)c4)c3)nc(-c3cccc4oc5ccccc5c34)n2)cc1. The van der Waals surface area contributed by atoms with E-state index in [1.165, 1.54) is 32.3 Å². The lowest BCUT2D eigenvalue weighted by Crippen LogP contribution is -2.01. The molecule has 0 amide bonds. The van der Waals surface area contributed by atoms with Crippen LogP contribution in [-0.4, -0.2) is 15.0 Å². The summed E-state index contributed by atoms with van der Waals surface area (Å²) in [5.74, 6) is 1.81. The van der Waals surface area contributed by atoms with E-state index in [1.807, 2.05) is 42.5 Å². The maximum absolute atomic E-state index is 6.29. The molecular weight excluding hydrogens is 671 g/mol. The Kier molecular flexibility index (Phi) is 7.14. The minimum atomic E-state index is 0.593. The van der Waals surface area contributed by atoms with Gasteiger partial charge in [0.2, 0.25) is 0 Å². The van der Waals surface area contributed by atoms with Gasteiger partial charge in [0.15, 0.2) is 17.5 Å². The Balaban J connectivity index is 1.10. The van der Waals surface area contributed by atoms with Gasteiger partial charge in [0.1, 0.15) is 11.2 Å². The monoisotopic (exact) mass is 701 g/mol. The Labute approximate surface area is 317 Å². The molecule has 0 saturated carbocycles. The molecular formula is C51H31N3O. The average Bonchev–Trinajstić information content (AvgIpc) is 3.65. The Morgan fingerprint density at radius 3 is 1.76 bits per heavy atom. The molecule has 0 fully saturated rings. The molecule has 4 heteroatoms. The normalized spacial score (nSPS) is 11.6. The summed E-state index contributed by atoms with van der Waals surface area (Å²) in [6.45, 7) is 0. The molecule has 0 aliphatic rings. The van der Waals surface area contributed by atoms with Crippen LogP contribution in [0.3, 0.4) is 0 Å². The van der Waals surface area contributed by atoms with Gasteiger partial charge in [-0.15, -0.1) is 0 Å². The van der Waals surface area contributed by atoms with Gasteiger partial charge in [0, 0.05) is 27.5 Å². The van der Waals surface area contributed by atoms with Gasteiger partial charge in [0.25, 0.3) is 0 Å². The summed E-state index contributed by atoms with van der Waals surface area (Å²) < 4.78 is 6.29. The summed E-state index contributed by atoms with van der Waals surface area (Å²) in [4.78, 5) is 15.7. The van der Waals surface area contributed by atoms with E-state index in [0.717, 1.165) is 60.9 Å². The smallest absolute Gasteiger partial charge is 0.164 e. The number of nitrogens with zero attached hydrogens (tertiary/aromatic N) is 3. The van der Waals surface area contributed by atoms with Crippen molar-refractivity contribution in [1.29, 1.82) is 0 Å². The summed E-state index contributed by atoms with van der Waals surface area (Å²) >= 11 is 0. The van der Waals surface area contributed by atoms with Crippen molar-refractivity contribution >= 4 is 54.3 Å². The molecule has 11 rings (SSSR count). The van der Waals surface area contributed by atoms with E-state index < -0.39 is 0 Å². The van der Waals surface area contributed by atoms with Crippen LogP contribution in [0, 0.1) is 0 Å². The van der Waals surface area contributed by atoms with Crippen LogP contribution in [0.5, 0.6) is 0 Å². The van der Waals surface area contributed by atoms with Crippen molar-refractivity contribution in [2.75, 3.05) is 0 Å². The van der Waals surface area contributed by atoms with Crippen molar-refractivity contribution in [3.8, 4) is 56.4 Å². The minimum Gasteiger partial charge on any atom is -0.456 e. The number of fused-ring (bicyclic) bond motifs is 8. The van der Waals surface area contributed by atoms with Gasteiger partial charge in [0.05, 0.1) is 0 Å². The van der Waals surface area contributed by atoms with Crippen molar-refractivity contribution < 1.29 is 4.42 Å². The summed E-state index contributed by atoms with van der Waals surface area (Å²) in [7, 11) is 0. The highest BCUT2D eigenvalue weighted by Gasteiger charge is 2.19.